The van der Waals surface area contributed by atoms with E-state index in [1.54, 1.807) is 0 Å². The summed E-state index contributed by atoms with van der Waals surface area (Å²) >= 11 is 3.56. The Labute approximate surface area is 134 Å². The lowest BCUT2D eigenvalue weighted by Crippen LogP contribution is -2.49. The normalized spacial score (nSPS) is 14.1. The summed E-state index contributed by atoms with van der Waals surface area (Å²) in [6.07, 6.45) is 0. The number of likely N-dealkylation sites (N-methyl/N-ethyl adjacent to an activating group) is 1. The Bertz CT molecular complexity index is 597. The Hall–Kier alpha value is -1.17. The summed E-state index contributed by atoms with van der Waals surface area (Å²) in [6.45, 7) is 7.42. The van der Waals surface area contributed by atoms with Crippen LogP contribution in [0, 0.1) is 13.8 Å². The minimum absolute atomic E-state index is 0.0147. The van der Waals surface area contributed by atoms with Gasteiger partial charge in [0.25, 0.3) is 0 Å². The van der Waals surface area contributed by atoms with E-state index >= 15 is 0 Å². The molecule has 0 amide bonds. The van der Waals surface area contributed by atoms with Gasteiger partial charge in [-0.15, -0.1) is 0 Å². The molecule has 0 aliphatic carbocycles. The number of aliphatic hydroxyl groups is 1. The van der Waals surface area contributed by atoms with Gasteiger partial charge in [-0.1, -0.05) is 37.3 Å². The second kappa shape index (κ2) is 6.73. The number of hydrogen-bond acceptors (Lipinski definition) is 3. The highest BCUT2D eigenvalue weighted by Crippen LogP contribution is 2.26. The van der Waals surface area contributed by atoms with Crippen LogP contribution in [0.2, 0.25) is 0 Å². The van der Waals surface area contributed by atoms with E-state index in [9.17, 15) is 5.11 Å². The Morgan fingerprint density at radius 3 is 2.43 bits per heavy atom. The molecule has 4 nitrogen and oxygen atoms in total. The van der Waals surface area contributed by atoms with E-state index in [0.29, 0.717) is 6.54 Å². The average Bonchev–Trinajstić information content (AvgIpc) is 2.75. The van der Waals surface area contributed by atoms with Gasteiger partial charge in [-0.25, -0.2) is 0 Å². The zero-order chi connectivity index (χ0) is 15.5. The second-order valence-corrected chi connectivity index (χ2v) is 6.07. The quantitative estimate of drug-likeness (QED) is 0.841. The van der Waals surface area contributed by atoms with Crippen LogP contribution in [0.5, 0.6) is 0 Å². The monoisotopic (exact) mass is 351 g/mol. The first-order valence-corrected chi connectivity index (χ1v) is 7.94. The maximum absolute atomic E-state index is 10.1. The third kappa shape index (κ3) is 3.20. The molecule has 2 aromatic rings. The molecule has 1 unspecified atom stereocenters. The lowest BCUT2D eigenvalue weighted by Gasteiger charge is -2.33. The number of benzene rings is 1. The first kappa shape index (κ1) is 16.2. The van der Waals surface area contributed by atoms with Crippen molar-refractivity contribution in [3.8, 4) is 0 Å². The van der Waals surface area contributed by atoms with E-state index in [1.807, 2.05) is 55.8 Å². The molecular weight excluding hydrogens is 330 g/mol. The summed E-state index contributed by atoms with van der Waals surface area (Å²) in [7, 11) is 0. The van der Waals surface area contributed by atoms with Crippen LogP contribution < -0.4 is 5.32 Å². The fourth-order valence-electron chi connectivity index (χ4n) is 2.63. The minimum atomic E-state index is -0.529. The van der Waals surface area contributed by atoms with E-state index in [2.05, 4.69) is 26.3 Å². The summed E-state index contributed by atoms with van der Waals surface area (Å²) < 4.78 is 2.98. The first-order chi connectivity index (χ1) is 10.0. The van der Waals surface area contributed by atoms with Gasteiger partial charge >= 0.3 is 0 Å². The molecule has 0 spiro atoms. The lowest BCUT2D eigenvalue weighted by atomic mass is 9.90. The zero-order valence-corrected chi connectivity index (χ0v) is 14.3. The molecule has 0 saturated carbocycles. The van der Waals surface area contributed by atoms with Gasteiger partial charge in [0.05, 0.1) is 28.9 Å². The number of aromatic nitrogens is 2. The smallest absolute Gasteiger partial charge is 0.0867 e. The predicted octanol–water partition coefficient (Wildman–Crippen LogP) is 2.76. The van der Waals surface area contributed by atoms with E-state index < -0.39 is 5.54 Å². The fourth-order valence-corrected chi connectivity index (χ4v) is 2.91. The van der Waals surface area contributed by atoms with E-state index in [-0.39, 0.29) is 6.61 Å². The minimum Gasteiger partial charge on any atom is -0.394 e. The average molecular weight is 352 g/mol. The summed E-state index contributed by atoms with van der Waals surface area (Å²) in [6, 6.07) is 10.1. The summed E-state index contributed by atoms with van der Waals surface area (Å²) in [5.41, 5.74) is 2.57. The number of halogens is 1. The van der Waals surface area contributed by atoms with Gasteiger partial charge < -0.3 is 10.4 Å². The molecule has 0 radical (unpaired) electrons. The standard InChI is InChI=1S/C16H22BrN3O/c1-4-18-16(11-21,14-8-6-5-7-9-14)10-20-13(3)15(17)12(2)19-20/h5-9,18,21H,4,10-11H2,1-3H3. The molecule has 1 aromatic carbocycles. The molecule has 2 rings (SSSR count). The van der Waals surface area contributed by atoms with Crippen molar-refractivity contribution in [2.75, 3.05) is 13.2 Å². The maximum atomic E-state index is 10.1. The number of hydrogen-bond donors (Lipinski definition) is 2. The number of nitrogens with one attached hydrogen (secondary N) is 1. The van der Waals surface area contributed by atoms with Gasteiger partial charge in [-0.2, -0.15) is 5.10 Å². The molecule has 2 N–H and O–H groups in total. The van der Waals surface area contributed by atoms with Crippen LogP contribution in [0.3, 0.4) is 0 Å². The molecular formula is C16H22BrN3O. The fraction of sp³-hybridized carbons (Fsp3) is 0.438. The summed E-state index contributed by atoms with van der Waals surface area (Å²) in [5, 5.41) is 18.1. The third-order valence-corrected chi connectivity index (χ3v) is 4.97. The Morgan fingerprint density at radius 1 is 1.29 bits per heavy atom. The van der Waals surface area contributed by atoms with Crippen molar-refractivity contribution in [3.63, 3.8) is 0 Å². The third-order valence-electron chi connectivity index (χ3n) is 3.82. The molecule has 0 saturated heterocycles. The van der Waals surface area contributed by atoms with Crippen LogP contribution in [0.15, 0.2) is 34.8 Å². The van der Waals surface area contributed by atoms with Crippen molar-refractivity contribution in [1.29, 1.82) is 0 Å². The van der Waals surface area contributed by atoms with Crippen molar-refractivity contribution in [2.24, 2.45) is 0 Å². The van der Waals surface area contributed by atoms with Crippen molar-refractivity contribution >= 4 is 15.9 Å². The maximum Gasteiger partial charge on any atom is 0.0867 e. The molecule has 21 heavy (non-hydrogen) atoms. The number of aliphatic hydroxyl groups excluding tert-OH is 1. The topological polar surface area (TPSA) is 50.1 Å². The largest absolute Gasteiger partial charge is 0.394 e. The highest BCUT2D eigenvalue weighted by Gasteiger charge is 2.32. The van der Waals surface area contributed by atoms with Crippen LogP contribution in [0.1, 0.15) is 23.9 Å². The Morgan fingerprint density at radius 2 is 1.95 bits per heavy atom. The highest BCUT2D eigenvalue weighted by molar-refractivity contribution is 9.10. The molecule has 5 heteroatoms. The summed E-state index contributed by atoms with van der Waals surface area (Å²) in [5.74, 6) is 0. The van der Waals surface area contributed by atoms with Crippen LogP contribution in [0.25, 0.3) is 0 Å². The van der Waals surface area contributed by atoms with Crippen LogP contribution in [0.4, 0.5) is 0 Å². The lowest BCUT2D eigenvalue weighted by molar-refractivity contribution is 0.139. The van der Waals surface area contributed by atoms with Gasteiger partial charge in [0.15, 0.2) is 0 Å². The number of aryl methyl sites for hydroxylation is 1. The van der Waals surface area contributed by atoms with Crippen molar-refractivity contribution in [3.05, 3.63) is 51.8 Å². The van der Waals surface area contributed by atoms with E-state index in [4.69, 9.17) is 0 Å². The summed E-state index contributed by atoms with van der Waals surface area (Å²) in [4.78, 5) is 0. The SMILES string of the molecule is CCNC(CO)(Cn1nc(C)c(Br)c1C)c1ccccc1. The molecule has 114 valence electrons. The molecule has 0 bridgehead atoms. The van der Waals surface area contributed by atoms with Crippen LogP contribution >= 0.6 is 15.9 Å². The van der Waals surface area contributed by atoms with Crippen LogP contribution in [-0.2, 0) is 12.1 Å². The van der Waals surface area contributed by atoms with Gasteiger partial charge in [0, 0.05) is 5.69 Å². The molecule has 0 fully saturated rings. The van der Waals surface area contributed by atoms with E-state index in [1.165, 1.54) is 0 Å². The predicted molar refractivity (Wildman–Crippen MR) is 88.3 cm³/mol. The van der Waals surface area contributed by atoms with Crippen molar-refractivity contribution < 1.29 is 5.11 Å². The zero-order valence-electron chi connectivity index (χ0n) is 12.7. The molecule has 1 heterocycles. The van der Waals surface area contributed by atoms with Crippen LogP contribution in [-0.4, -0.2) is 28.0 Å². The second-order valence-electron chi connectivity index (χ2n) is 5.28. The first-order valence-electron chi connectivity index (χ1n) is 7.15. The number of nitrogens with zero attached hydrogens (tertiary/aromatic N) is 2. The van der Waals surface area contributed by atoms with Gasteiger partial charge in [0.2, 0.25) is 0 Å². The van der Waals surface area contributed by atoms with Gasteiger partial charge in [-0.05, 0) is 41.9 Å². The van der Waals surface area contributed by atoms with E-state index in [0.717, 1.165) is 28.0 Å². The van der Waals surface area contributed by atoms with Gasteiger partial charge in [0.1, 0.15) is 0 Å². The highest BCUT2D eigenvalue weighted by atomic mass is 79.9. The molecule has 1 atom stereocenters. The van der Waals surface area contributed by atoms with Crippen molar-refractivity contribution in [1.82, 2.24) is 15.1 Å². The Kier molecular flexibility index (Phi) is 5.19. The van der Waals surface area contributed by atoms with Crippen molar-refractivity contribution in [2.45, 2.75) is 32.9 Å². The molecule has 0 aliphatic rings. The molecule has 0 aliphatic heterocycles. The Balaban J connectivity index is 2.43. The molecule has 1 aromatic heterocycles. The van der Waals surface area contributed by atoms with Gasteiger partial charge in [-0.3, -0.25) is 4.68 Å². The number of rotatable bonds is 6.